The second-order valence-electron chi connectivity index (χ2n) is 4.59. The van der Waals surface area contributed by atoms with Crippen molar-refractivity contribution in [2.75, 3.05) is 24.8 Å². The van der Waals surface area contributed by atoms with Crippen LogP contribution in [0.1, 0.15) is 15.9 Å². The first-order valence-electron chi connectivity index (χ1n) is 6.30. The van der Waals surface area contributed by atoms with E-state index in [1.807, 2.05) is 12.1 Å². The molecule has 0 unspecified atom stereocenters. The Hall–Kier alpha value is -2.63. The number of nitrogens with zero attached hydrogens (tertiary/aromatic N) is 2. The van der Waals surface area contributed by atoms with Crippen molar-refractivity contribution >= 4 is 17.3 Å². The van der Waals surface area contributed by atoms with Crippen molar-refractivity contribution in [3.8, 4) is 0 Å². The highest BCUT2D eigenvalue weighted by molar-refractivity contribution is 5.96. The zero-order chi connectivity index (χ0) is 15.4. The van der Waals surface area contributed by atoms with Gasteiger partial charge in [0.1, 0.15) is 5.82 Å². The zero-order valence-corrected chi connectivity index (χ0v) is 11.8. The maximum Gasteiger partial charge on any atom is 0.340 e. The van der Waals surface area contributed by atoms with Gasteiger partial charge in [-0.05, 0) is 29.8 Å². The Kier molecular flexibility index (Phi) is 4.37. The fraction of sp³-hybridized carbons (Fsp3) is 0.200. The molecule has 5 nitrogen and oxygen atoms in total. The number of carbonyl (C=O) groups is 1. The van der Waals surface area contributed by atoms with Crippen molar-refractivity contribution in [1.29, 1.82) is 0 Å². The number of rotatable bonds is 4. The van der Waals surface area contributed by atoms with Crippen LogP contribution in [0.4, 0.5) is 15.8 Å². The van der Waals surface area contributed by atoms with Crippen LogP contribution in [0.3, 0.4) is 0 Å². The standard InChI is InChI=1S/C15H16FN3O2/c1-19(9-10-3-5-18-6-4-10)14-7-11(15(20)21-2)13(17)8-12(14)16/h3-8H,9,17H2,1-2H3. The Morgan fingerprint density at radius 3 is 2.67 bits per heavy atom. The molecule has 0 aliphatic heterocycles. The number of nitrogens with two attached hydrogens (primary N) is 1. The maximum atomic E-state index is 14.1. The van der Waals surface area contributed by atoms with E-state index in [4.69, 9.17) is 5.73 Å². The Morgan fingerprint density at radius 2 is 2.05 bits per heavy atom. The first-order chi connectivity index (χ1) is 10.0. The molecule has 1 aromatic carbocycles. The summed E-state index contributed by atoms with van der Waals surface area (Å²) in [7, 11) is 2.99. The molecule has 0 fully saturated rings. The van der Waals surface area contributed by atoms with Gasteiger partial charge < -0.3 is 15.4 Å². The molecule has 0 saturated heterocycles. The largest absolute Gasteiger partial charge is 0.465 e. The third kappa shape index (κ3) is 3.28. The fourth-order valence-electron chi connectivity index (χ4n) is 2.00. The van der Waals surface area contributed by atoms with Gasteiger partial charge in [-0.25, -0.2) is 9.18 Å². The van der Waals surface area contributed by atoms with E-state index in [1.165, 1.54) is 13.2 Å². The van der Waals surface area contributed by atoms with Crippen LogP contribution in [-0.4, -0.2) is 25.1 Å². The number of methoxy groups -OCH3 is 1. The molecule has 0 amide bonds. The predicted molar refractivity (Wildman–Crippen MR) is 78.5 cm³/mol. The van der Waals surface area contributed by atoms with Crippen LogP contribution >= 0.6 is 0 Å². The number of hydrogen-bond donors (Lipinski definition) is 1. The van der Waals surface area contributed by atoms with E-state index in [2.05, 4.69) is 9.72 Å². The number of halogens is 1. The third-order valence-electron chi connectivity index (χ3n) is 3.10. The highest BCUT2D eigenvalue weighted by Gasteiger charge is 2.17. The molecule has 0 spiro atoms. The number of ether oxygens (including phenoxy) is 1. The number of carbonyl (C=O) groups excluding carboxylic acids is 1. The lowest BCUT2D eigenvalue weighted by molar-refractivity contribution is 0.0602. The summed E-state index contributed by atoms with van der Waals surface area (Å²) in [5.41, 5.74) is 7.11. The van der Waals surface area contributed by atoms with Gasteiger partial charge in [-0.15, -0.1) is 0 Å². The van der Waals surface area contributed by atoms with Crippen LogP contribution in [0.5, 0.6) is 0 Å². The van der Waals surface area contributed by atoms with E-state index >= 15 is 0 Å². The molecule has 0 atom stereocenters. The van der Waals surface area contributed by atoms with Crippen molar-refractivity contribution < 1.29 is 13.9 Å². The monoisotopic (exact) mass is 289 g/mol. The second kappa shape index (κ2) is 6.21. The van der Waals surface area contributed by atoms with E-state index < -0.39 is 11.8 Å². The minimum atomic E-state index is -0.592. The number of aromatic nitrogens is 1. The molecule has 2 N–H and O–H groups in total. The molecule has 6 heteroatoms. The summed E-state index contributed by atoms with van der Waals surface area (Å²) in [5, 5.41) is 0. The van der Waals surface area contributed by atoms with Crippen LogP contribution in [0.15, 0.2) is 36.7 Å². The minimum absolute atomic E-state index is 0.0559. The van der Waals surface area contributed by atoms with E-state index in [-0.39, 0.29) is 16.9 Å². The van der Waals surface area contributed by atoms with Gasteiger partial charge in [0.2, 0.25) is 0 Å². The molecular weight excluding hydrogens is 273 g/mol. The molecule has 2 rings (SSSR count). The highest BCUT2D eigenvalue weighted by atomic mass is 19.1. The Bertz CT molecular complexity index is 647. The summed E-state index contributed by atoms with van der Waals surface area (Å²) in [6.07, 6.45) is 3.34. The average molecular weight is 289 g/mol. The number of esters is 1. The van der Waals surface area contributed by atoms with Crippen LogP contribution in [0.25, 0.3) is 0 Å². The lowest BCUT2D eigenvalue weighted by atomic mass is 10.1. The zero-order valence-electron chi connectivity index (χ0n) is 11.8. The summed E-state index contributed by atoms with van der Waals surface area (Å²) in [4.78, 5) is 17.3. The van der Waals surface area contributed by atoms with Gasteiger partial charge in [0.25, 0.3) is 0 Å². The van der Waals surface area contributed by atoms with Gasteiger partial charge in [-0.1, -0.05) is 0 Å². The third-order valence-corrected chi connectivity index (χ3v) is 3.10. The van der Waals surface area contributed by atoms with Crippen molar-refractivity contribution in [3.05, 3.63) is 53.6 Å². The minimum Gasteiger partial charge on any atom is -0.465 e. The summed E-state index contributed by atoms with van der Waals surface area (Å²) < 4.78 is 18.7. The molecule has 1 aromatic heterocycles. The van der Waals surface area contributed by atoms with Crippen LogP contribution < -0.4 is 10.6 Å². The molecule has 21 heavy (non-hydrogen) atoms. The summed E-state index contributed by atoms with van der Waals surface area (Å²) in [6.45, 7) is 0.476. The van der Waals surface area contributed by atoms with E-state index in [1.54, 1.807) is 24.3 Å². The van der Waals surface area contributed by atoms with Gasteiger partial charge in [-0.3, -0.25) is 4.98 Å². The molecule has 0 bridgehead atoms. The van der Waals surface area contributed by atoms with Gasteiger partial charge in [0, 0.05) is 31.7 Å². The first-order valence-corrected chi connectivity index (χ1v) is 6.30. The van der Waals surface area contributed by atoms with Gasteiger partial charge in [0.15, 0.2) is 0 Å². The molecule has 110 valence electrons. The predicted octanol–water partition coefficient (Wildman–Crippen LogP) is 2.23. The smallest absolute Gasteiger partial charge is 0.340 e. The lowest BCUT2D eigenvalue weighted by Gasteiger charge is -2.21. The van der Waals surface area contributed by atoms with E-state index in [0.717, 1.165) is 11.6 Å². The van der Waals surface area contributed by atoms with Crippen LogP contribution in [-0.2, 0) is 11.3 Å². The molecule has 2 aromatic rings. The first kappa shape index (κ1) is 14.8. The molecular formula is C15H16FN3O2. The summed E-state index contributed by atoms with van der Waals surface area (Å²) >= 11 is 0. The summed E-state index contributed by atoms with van der Waals surface area (Å²) in [6, 6.07) is 6.21. The number of pyridine rings is 1. The van der Waals surface area contributed by atoms with Gasteiger partial charge in [0.05, 0.1) is 18.4 Å². The number of benzene rings is 1. The Labute approximate surface area is 122 Å². The highest BCUT2D eigenvalue weighted by Crippen LogP contribution is 2.26. The van der Waals surface area contributed by atoms with Crippen molar-refractivity contribution in [3.63, 3.8) is 0 Å². The average Bonchev–Trinajstić information content (AvgIpc) is 2.47. The summed E-state index contributed by atoms with van der Waals surface area (Å²) in [5.74, 6) is -1.08. The van der Waals surface area contributed by atoms with E-state index in [0.29, 0.717) is 6.54 Å². The van der Waals surface area contributed by atoms with Gasteiger partial charge in [-0.2, -0.15) is 0 Å². The molecule has 1 heterocycles. The number of hydrogen-bond acceptors (Lipinski definition) is 5. The molecule has 0 aliphatic carbocycles. The quantitative estimate of drug-likeness (QED) is 0.690. The molecule has 0 radical (unpaired) electrons. The molecule has 0 aliphatic rings. The Balaban J connectivity index is 2.32. The van der Waals surface area contributed by atoms with E-state index in [9.17, 15) is 9.18 Å². The van der Waals surface area contributed by atoms with Crippen molar-refractivity contribution in [1.82, 2.24) is 4.98 Å². The van der Waals surface area contributed by atoms with Gasteiger partial charge >= 0.3 is 5.97 Å². The van der Waals surface area contributed by atoms with Crippen LogP contribution in [0, 0.1) is 5.82 Å². The van der Waals surface area contributed by atoms with Crippen LogP contribution in [0.2, 0.25) is 0 Å². The lowest BCUT2D eigenvalue weighted by Crippen LogP contribution is -2.19. The topological polar surface area (TPSA) is 68.5 Å². The fourth-order valence-corrected chi connectivity index (χ4v) is 2.00. The number of nitrogen functional groups attached to an aromatic ring is 1. The maximum absolute atomic E-state index is 14.1. The number of anilines is 2. The van der Waals surface area contributed by atoms with Crippen molar-refractivity contribution in [2.45, 2.75) is 6.54 Å². The second-order valence-corrected chi connectivity index (χ2v) is 4.59. The normalized spacial score (nSPS) is 10.2. The Morgan fingerprint density at radius 1 is 1.38 bits per heavy atom. The molecule has 0 saturated carbocycles. The van der Waals surface area contributed by atoms with Crippen molar-refractivity contribution in [2.24, 2.45) is 0 Å². The SMILES string of the molecule is COC(=O)c1cc(N(C)Cc2ccncc2)c(F)cc1N.